The van der Waals surface area contributed by atoms with Gasteiger partial charge in [0.15, 0.2) is 0 Å². The number of benzene rings is 1. The molecule has 4 nitrogen and oxygen atoms in total. The first-order valence-corrected chi connectivity index (χ1v) is 7.17. The first-order valence-electron chi connectivity index (χ1n) is 5.73. The number of nitrogens with two attached hydrogens (primary N) is 1. The van der Waals surface area contributed by atoms with Crippen LogP contribution in [0.3, 0.4) is 0 Å². The number of hydrogen-bond donors (Lipinski definition) is 1. The first kappa shape index (κ1) is 12.4. The third-order valence-electron chi connectivity index (χ3n) is 3.33. The summed E-state index contributed by atoms with van der Waals surface area (Å²) in [5, 5.41) is 0. The lowest BCUT2D eigenvalue weighted by Crippen LogP contribution is -2.29. The van der Waals surface area contributed by atoms with Gasteiger partial charge in [-0.15, -0.1) is 0 Å². The molecule has 2 N–H and O–H groups in total. The van der Waals surface area contributed by atoms with Gasteiger partial charge in [-0.3, -0.25) is 0 Å². The Morgan fingerprint density at radius 1 is 1.47 bits per heavy atom. The number of rotatable bonds is 4. The Balaban J connectivity index is 2.17. The highest BCUT2D eigenvalue weighted by Gasteiger charge is 2.36. The Bertz CT molecular complexity index is 513. The highest BCUT2D eigenvalue weighted by atomic mass is 32.2. The molecule has 1 aliphatic carbocycles. The Kier molecular flexibility index (Phi) is 3.14. The van der Waals surface area contributed by atoms with Gasteiger partial charge in [-0.2, -0.15) is 0 Å². The van der Waals surface area contributed by atoms with E-state index in [0.717, 1.165) is 6.42 Å². The summed E-state index contributed by atoms with van der Waals surface area (Å²) in [7, 11) is -1.76. The average molecular weight is 254 g/mol. The van der Waals surface area contributed by atoms with E-state index in [-0.39, 0.29) is 4.90 Å². The van der Waals surface area contributed by atoms with Crippen LogP contribution in [-0.2, 0) is 10.0 Å². The second-order valence-electron chi connectivity index (χ2n) is 4.83. The molecule has 0 saturated heterocycles. The smallest absolute Gasteiger partial charge is 0.242 e. The predicted octanol–water partition coefficient (Wildman–Crippen LogP) is 1.55. The van der Waals surface area contributed by atoms with Crippen LogP contribution in [-0.4, -0.2) is 26.3 Å². The summed E-state index contributed by atoms with van der Waals surface area (Å²) in [6.07, 6.45) is 1.12. The zero-order valence-corrected chi connectivity index (χ0v) is 10.9. The molecule has 0 aromatic heterocycles. The highest BCUT2D eigenvalue weighted by molar-refractivity contribution is 7.89. The summed E-state index contributed by atoms with van der Waals surface area (Å²) in [5.41, 5.74) is 6.08. The Labute approximate surface area is 102 Å². The van der Waals surface area contributed by atoms with E-state index in [0.29, 0.717) is 24.1 Å². The minimum Gasteiger partial charge on any atom is -0.399 e. The van der Waals surface area contributed by atoms with E-state index in [1.165, 1.54) is 10.4 Å². The van der Waals surface area contributed by atoms with E-state index in [2.05, 4.69) is 6.92 Å². The summed E-state index contributed by atoms with van der Waals surface area (Å²) < 4.78 is 25.9. The van der Waals surface area contributed by atoms with Crippen molar-refractivity contribution in [2.24, 2.45) is 11.8 Å². The quantitative estimate of drug-likeness (QED) is 0.829. The number of nitrogens with zero attached hydrogens (tertiary/aromatic N) is 1. The molecule has 2 unspecified atom stereocenters. The summed E-state index contributed by atoms with van der Waals surface area (Å²) in [4.78, 5) is 0.272. The molecule has 1 fully saturated rings. The zero-order chi connectivity index (χ0) is 12.6. The Hall–Kier alpha value is -1.07. The van der Waals surface area contributed by atoms with E-state index >= 15 is 0 Å². The van der Waals surface area contributed by atoms with Gasteiger partial charge in [-0.05, 0) is 36.5 Å². The van der Waals surface area contributed by atoms with Crippen molar-refractivity contribution in [2.45, 2.75) is 18.2 Å². The molecular weight excluding hydrogens is 236 g/mol. The van der Waals surface area contributed by atoms with E-state index in [4.69, 9.17) is 5.73 Å². The van der Waals surface area contributed by atoms with Crippen LogP contribution >= 0.6 is 0 Å². The topological polar surface area (TPSA) is 63.4 Å². The van der Waals surface area contributed by atoms with Crippen LogP contribution in [0.1, 0.15) is 13.3 Å². The fraction of sp³-hybridized carbons (Fsp3) is 0.500. The lowest BCUT2D eigenvalue weighted by molar-refractivity contribution is 0.445. The van der Waals surface area contributed by atoms with Crippen LogP contribution < -0.4 is 5.73 Å². The molecule has 0 spiro atoms. The van der Waals surface area contributed by atoms with Gasteiger partial charge in [-0.25, -0.2) is 12.7 Å². The fourth-order valence-electron chi connectivity index (χ4n) is 1.94. The van der Waals surface area contributed by atoms with Gasteiger partial charge in [0.05, 0.1) is 4.90 Å². The van der Waals surface area contributed by atoms with Crippen LogP contribution in [0.2, 0.25) is 0 Å². The van der Waals surface area contributed by atoms with Crippen molar-refractivity contribution >= 4 is 15.7 Å². The number of anilines is 1. The van der Waals surface area contributed by atoms with Crippen molar-refractivity contribution in [3.8, 4) is 0 Å². The monoisotopic (exact) mass is 254 g/mol. The van der Waals surface area contributed by atoms with Crippen LogP contribution in [0.15, 0.2) is 29.2 Å². The van der Waals surface area contributed by atoms with Crippen molar-refractivity contribution in [3.05, 3.63) is 24.3 Å². The SMILES string of the molecule is CC1CC1CN(C)S(=O)(=O)c1cccc(N)c1. The summed E-state index contributed by atoms with van der Waals surface area (Å²) in [5.74, 6) is 1.16. The molecule has 0 bridgehead atoms. The minimum absolute atomic E-state index is 0.272. The second kappa shape index (κ2) is 4.31. The maximum absolute atomic E-state index is 12.2. The molecule has 94 valence electrons. The molecule has 2 rings (SSSR count). The van der Waals surface area contributed by atoms with E-state index < -0.39 is 10.0 Å². The summed E-state index contributed by atoms with van der Waals surface area (Å²) >= 11 is 0. The number of hydrogen-bond acceptors (Lipinski definition) is 3. The molecule has 0 amide bonds. The highest BCUT2D eigenvalue weighted by Crippen LogP contribution is 2.38. The van der Waals surface area contributed by atoms with Gasteiger partial charge in [0.2, 0.25) is 10.0 Å². The molecule has 0 radical (unpaired) electrons. The largest absolute Gasteiger partial charge is 0.399 e. The van der Waals surface area contributed by atoms with E-state index in [9.17, 15) is 8.42 Å². The zero-order valence-electron chi connectivity index (χ0n) is 10.1. The number of nitrogen functional groups attached to an aromatic ring is 1. The molecule has 17 heavy (non-hydrogen) atoms. The maximum atomic E-state index is 12.2. The van der Waals surface area contributed by atoms with Gasteiger partial charge in [0, 0.05) is 19.3 Å². The van der Waals surface area contributed by atoms with Gasteiger partial charge in [-0.1, -0.05) is 13.0 Å². The second-order valence-corrected chi connectivity index (χ2v) is 6.88. The minimum atomic E-state index is -3.39. The molecule has 1 saturated carbocycles. The molecular formula is C12H18N2O2S. The van der Waals surface area contributed by atoms with Crippen LogP contribution in [0.25, 0.3) is 0 Å². The number of sulfonamides is 1. The average Bonchev–Trinajstić information content (AvgIpc) is 2.94. The molecule has 1 aromatic rings. The molecule has 1 aliphatic rings. The predicted molar refractivity (Wildman–Crippen MR) is 67.9 cm³/mol. The van der Waals surface area contributed by atoms with E-state index in [1.807, 2.05) is 0 Å². The van der Waals surface area contributed by atoms with Crippen molar-refractivity contribution in [1.29, 1.82) is 0 Å². The van der Waals surface area contributed by atoms with Crippen molar-refractivity contribution in [1.82, 2.24) is 4.31 Å². The third-order valence-corrected chi connectivity index (χ3v) is 5.15. The van der Waals surface area contributed by atoms with Crippen LogP contribution in [0, 0.1) is 11.8 Å². The van der Waals surface area contributed by atoms with Crippen molar-refractivity contribution in [2.75, 3.05) is 19.3 Å². The third kappa shape index (κ3) is 2.61. The van der Waals surface area contributed by atoms with Crippen molar-refractivity contribution in [3.63, 3.8) is 0 Å². The Morgan fingerprint density at radius 3 is 2.65 bits per heavy atom. The van der Waals surface area contributed by atoms with Gasteiger partial charge in [0.25, 0.3) is 0 Å². The molecule has 0 aliphatic heterocycles. The fourth-order valence-corrected chi connectivity index (χ4v) is 3.22. The Morgan fingerprint density at radius 2 is 2.12 bits per heavy atom. The van der Waals surface area contributed by atoms with Gasteiger partial charge < -0.3 is 5.73 Å². The lowest BCUT2D eigenvalue weighted by Gasteiger charge is -2.17. The summed E-state index contributed by atoms with van der Waals surface area (Å²) in [6, 6.07) is 6.43. The summed E-state index contributed by atoms with van der Waals surface area (Å²) in [6.45, 7) is 2.74. The molecule has 5 heteroatoms. The maximum Gasteiger partial charge on any atom is 0.242 e. The van der Waals surface area contributed by atoms with Gasteiger partial charge in [0.1, 0.15) is 0 Å². The molecule has 0 heterocycles. The van der Waals surface area contributed by atoms with Crippen LogP contribution in [0.5, 0.6) is 0 Å². The molecule has 1 aromatic carbocycles. The van der Waals surface area contributed by atoms with Crippen LogP contribution in [0.4, 0.5) is 5.69 Å². The van der Waals surface area contributed by atoms with E-state index in [1.54, 1.807) is 25.2 Å². The molecule has 2 atom stereocenters. The van der Waals surface area contributed by atoms with Crippen molar-refractivity contribution < 1.29 is 8.42 Å². The van der Waals surface area contributed by atoms with Gasteiger partial charge >= 0.3 is 0 Å². The lowest BCUT2D eigenvalue weighted by atomic mass is 10.3. The first-order chi connectivity index (χ1) is 7.91. The standard InChI is InChI=1S/C12H18N2O2S/c1-9-6-10(9)8-14(2)17(15,16)12-5-3-4-11(13)7-12/h3-5,7,9-10H,6,8,13H2,1-2H3. The normalized spacial score (nSPS) is 23.9.